The van der Waals surface area contributed by atoms with Gasteiger partial charge in [-0.3, -0.25) is 4.79 Å². The van der Waals surface area contributed by atoms with Crippen LogP contribution in [0.3, 0.4) is 0 Å². The van der Waals surface area contributed by atoms with Crippen LogP contribution in [0.25, 0.3) is 0 Å². The van der Waals surface area contributed by atoms with Crippen LogP contribution in [0, 0.1) is 0 Å². The van der Waals surface area contributed by atoms with Gasteiger partial charge in [-0.15, -0.1) is 11.6 Å². The summed E-state index contributed by atoms with van der Waals surface area (Å²) in [5.41, 5.74) is 1.65. The fraction of sp³-hybridized carbons (Fsp3) is 0.417. The molecule has 94 valence electrons. The minimum absolute atomic E-state index is 0.0454. The molecule has 3 nitrogen and oxygen atoms in total. The maximum atomic E-state index is 11.6. The number of carbonyl (C=O) groups is 1. The predicted octanol–water partition coefficient (Wildman–Crippen LogP) is 3.36. The van der Waals surface area contributed by atoms with Gasteiger partial charge in [-0.05, 0) is 24.6 Å². The Labute approximate surface area is 112 Å². The fourth-order valence-electron chi connectivity index (χ4n) is 1.44. The van der Waals surface area contributed by atoms with Crippen molar-refractivity contribution in [2.24, 2.45) is 0 Å². The zero-order valence-corrected chi connectivity index (χ0v) is 11.5. The number of hydrogen-bond donors (Lipinski definition) is 1. The Balaban J connectivity index is 2.81. The average Bonchev–Trinajstić information content (AvgIpc) is 2.26. The lowest BCUT2D eigenvalue weighted by Gasteiger charge is -2.18. The van der Waals surface area contributed by atoms with Gasteiger partial charge < -0.3 is 10.2 Å². The fourth-order valence-corrected chi connectivity index (χ4v) is 1.74. The van der Waals surface area contributed by atoms with Crippen molar-refractivity contribution >= 4 is 40.5 Å². The van der Waals surface area contributed by atoms with E-state index in [0.29, 0.717) is 23.7 Å². The van der Waals surface area contributed by atoms with Crippen LogP contribution in [0.15, 0.2) is 18.2 Å². The molecular formula is C12H16Cl2N2O. The summed E-state index contributed by atoms with van der Waals surface area (Å²) < 4.78 is 0. The average molecular weight is 275 g/mol. The van der Waals surface area contributed by atoms with E-state index in [1.807, 2.05) is 25.1 Å². The van der Waals surface area contributed by atoms with Crippen molar-refractivity contribution < 1.29 is 4.79 Å². The lowest BCUT2D eigenvalue weighted by atomic mass is 10.2. The van der Waals surface area contributed by atoms with Crippen LogP contribution in [0.4, 0.5) is 11.4 Å². The Hall–Kier alpha value is -0.930. The second-order valence-electron chi connectivity index (χ2n) is 3.90. The molecule has 5 heteroatoms. The minimum Gasteiger partial charge on any atom is -0.376 e. The molecule has 0 aliphatic rings. The van der Waals surface area contributed by atoms with E-state index in [0.717, 1.165) is 11.4 Å². The van der Waals surface area contributed by atoms with Crippen LogP contribution in [0.2, 0.25) is 5.02 Å². The SMILES string of the molecule is CN(C)c1ccc(Cl)cc1NC(=O)CCCCl. The summed E-state index contributed by atoms with van der Waals surface area (Å²) in [6.45, 7) is 0. The molecule has 1 rings (SSSR count). The number of nitrogens with zero attached hydrogens (tertiary/aromatic N) is 1. The molecule has 0 heterocycles. The third-order valence-corrected chi connectivity index (χ3v) is 2.75. The number of hydrogen-bond acceptors (Lipinski definition) is 2. The highest BCUT2D eigenvalue weighted by molar-refractivity contribution is 6.31. The molecule has 0 saturated heterocycles. The van der Waals surface area contributed by atoms with Gasteiger partial charge in [0.25, 0.3) is 0 Å². The molecule has 0 aliphatic carbocycles. The molecule has 0 saturated carbocycles. The Morgan fingerprint density at radius 1 is 1.41 bits per heavy atom. The lowest BCUT2D eigenvalue weighted by molar-refractivity contribution is -0.116. The third-order valence-electron chi connectivity index (χ3n) is 2.25. The van der Waals surface area contributed by atoms with Gasteiger partial charge in [0.1, 0.15) is 0 Å². The van der Waals surface area contributed by atoms with Gasteiger partial charge in [-0.1, -0.05) is 11.6 Å². The smallest absolute Gasteiger partial charge is 0.224 e. The van der Waals surface area contributed by atoms with Crippen molar-refractivity contribution in [2.45, 2.75) is 12.8 Å². The summed E-state index contributed by atoms with van der Waals surface area (Å²) in [5.74, 6) is 0.444. The standard InChI is InChI=1S/C12H16Cl2N2O/c1-16(2)11-6-5-9(14)8-10(11)15-12(17)4-3-7-13/h5-6,8H,3-4,7H2,1-2H3,(H,15,17). The zero-order chi connectivity index (χ0) is 12.8. The third kappa shape index (κ3) is 4.44. The largest absolute Gasteiger partial charge is 0.376 e. The van der Waals surface area contributed by atoms with Gasteiger partial charge in [0.05, 0.1) is 11.4 Å². The Morgan fingerprint density at radius 2 is 2.12 bits per heavy atom. The topological polar surface area (TPSA) is 32.3 Å². The van der Waals surface area contributed by atoms with Crippen LogP contribution in [-0.2, 0) is 4.79 Å². The van der Waals surface area contributed by atoms with Crippen molar-refractivity contribution in [3.05, 3.63) is 23.2 Å². The van der Waals surface area contributed by atoms with E-state index < -0.39 is 0 Å². The number of alkyl halides is 1. The van der Waals surface area contributed by atoms with Gasteiger partial charge in [-0.25, -0.2) is 0 Å². The summed E-state index contributed by atoms with van der Waals surface area (Å²) in [6.07, 6.45) is 1.09. The molecule has 1 aromatic rings. The van der Waals surface area contributed by atoms with Crippen molar-refractivity contribution in [3.8, 4) is 0 Å². The Bertz CT molecular complexity index is 394. The van der Waals surface area contributed by atoms with Crippen molar-refractivity contribution in [2.75, 3.05) is 30.2 Å². The number of rotatable bonds is 5. The number of carbonyl (C=O) groups excluding carboxylic acids is 1. The predicted molar refractivity (Wildman–Crippen MR) is 74.4 cm³/mol. The molecular weight excluding hydrogens is 259 g/mol. The first-order chi connectivity index (χ1) is 8.04. The van der Waals surface area contributed by atoms with Crippen molar-refractivity contribution in [3.63, 3.8) is 0 Å². The maximum Gasteiger partial charge on any atom is 0.224 e. The summed E-state index contributed by atoms with van der Waals surface area (Å²) in [6, 6.07) is 5.42. The molecule has 17 heavy (non-hydrogen) atoms. The molecule has 0 unspecified atom stereocenters. The molecule has 0 radical (unpaired) electrons. The molecule has 0 atom stereocenters. The van der Waals surface area contributed by atoms with Crippen LogP contribution in [-0.4, -0.2) is 25.9 Å². The van der Waals surface area contributed by atoms with Gasteiger partial charge >= 0.3 is 0 Å². The number of amides is 1. The van der Waals surface area contributed by atoms with Crippen molar-refractivity contribution in [1.82, 2.24) is 0 Å². The molecule has 0 aliphatic heterocycles. The highest BCUT2D eigenvalue weighted by Crippen LogP contribution is 2.27. The number of benzene rings is 1. The van der Waals surface area contributed by atoms with Gasteiger partial charge in [0.2, 0.25) is 5.91 Å². The normalized spacial score (nSPS) is 10.1. The van der Waals surface area contributed by atoms with Gasteiger partial charge in [-0.2, -0.15) is 0 Å². The van der Waals surface area contributed by atoms with Gasteiger partial charge in [0.15, 0.2) is 0 Å². The van der Waals surface area contributed by atoms with E-state index in [2.05, 4.69) is 5.32 Å². The molecule has 0 fully saturated rings. The first kappa shape index (κ1) is 14.1. The second kappa shape index (κ2) is 6.72. The maximum absolute atomic E-state index is 11.6. The molecule has 1 aromatic carbocycles. The highest BCUT2D eigenvalue weighted by Gasteiger charge is 2.08. The molecule has 0 spiro atoms. The number of nitrogens with one attached hydrogen (secondary N) is 1. The van der Waals surface area contributed by atoms with E-state index >= 15 is 0 Å². The summed E-state index contributed by atoms with van der Waals surface area (Å²) in [5, 5.41) is 3.44. The quantitative estimate of drug-likeness (QED) is 0.836. The van der Waals surface area contributed by atoms with E-state index in [-0.39, 0.29) is 5.91 Å². The summed E-state index contributed by atoms with van der Waals surface area (Å²) in [7, 11) is 3.83. The van der Waals surface area contributed by atoms with E-state index in [9.17, 15) is 4.79 Å². The van der Waals surface area contributed by atoms with Crippen LogP contribution >= 0.6 is 23.2 Å². The molecule has 1 N–H and O–H groups in total. The number of anilines is 2. The minimum atomic E-state index is -0.0454. The monoisotopic (exact) mass is 274 g/mol. The number of halogens is 2. The molecule has 0 aromatic heterocycles. The van der Waals surface area contributed by atoms with Crippen LogP contribution in [0.5, 0.6) is 0 Å². The van der Waals surface area contributed by atoms with E-state index in [4.69, 9.17) is 23.2 Å². The zero-order valence-electron chi connectivity index (χ0n) is 9.96. The van der Waals surface area contributed by atoms with Crippen molar-refractivity contribution in [1.29, 1.82) is 0 Å². The molecule has 1 amide bonds. The van der Waals surface area contributed by atoms with E-state index in [1.165, 1.54) is 0 Å². The summed E-state index contributed by atoms with van der Waals surface area (Å²) >= 11 is 11.5. The first-order valence-corrected chi connectivity index (χ1v) is 6.28. The Morgan fingerprint density at radius 3 is 2.71 bits per heavy atom. The first-order valence-electron chi connectivity index (χ1n) is 5.37. The van der Waals surface area contributed by atoms with Gasteiger partial charge in [0, 0.05) is 31.4 Å². The highest BCUT2D eigenvalue weighted by atomic mass is 35.5. The second-order valence-corrected chi connectivity index (χ2v) is 4.71. The van der Waals surface area contributed by atoms with Crippen LogP contribution in [0.1, 0.15) is 12.8 Å². The Kier molecular flexibility index (Phi) is 5.59. The van der Waals surface area contributed by atoms with E-state index in [1.54, 1.807) is 12.1 Å². The van der Waals surface area contributed by atoms with Crippen LogP contribution < -0.4 is 10.2 Å². The summed E-state index contributed by atoms with van der Waals surface area (Å²) in [4.78, 5) is 13.6. The lowest BCUT2D eigenvalue weighted by Crippen LogP contribution is -2.16. The molecule has 0 bridgehead atoms.